The van der Waals surface area contributed by atoms with E-state index < -0.39 is 0 Å². The van der Waals surface area contributed by atoms with Gasteiger partial charge in [-0.15, -0.1) is 0 Å². The van der Waals surface area contributed by atoms with Gasteiger partial charge in [-0.25, -0.2) is 0 Å². The van der Waals surface area contributed by atoms with Crippen molar-refractivity contribution >= 4 is 5.78 Å². The first-order valence-corrected chi connectivity index (χ1v) is 4.15. The summed E-state index contributed by atoms with van der Waals surface area (Å²) in [5.41, 5.74) is 2.20. The Labute approximate surface area is 67.8 Å². The van der Waals surface area contributed by atoms with E-state index in [4.69, 9.17) is 0 Å². The van der Waals surface area contributed by atoms with E-state index in [1.165, 1.54) is 5.57 Å². The van der Waals surface area contributed by atoms with Crippen LogP contribution in [0.5, 0.6) is 0 Å². The van der Waals surface area contributed by atoms with Crippen LogP contribution in [0.4, 0.5) is 0 Å². The van der Waals surface area contributed by atoms with Crippen LogP contribution in [-0.2, 0) is 4.79 Å². The topological polar surface area (TPSA) is 17.1 Å². The van der Waals surface area contributed by atoms with Crippen molar-refractivity contribution in [1.82, 2.24) is 0 Å². The minimum absolute atomic E-state index is 0.312. The molecule has 0 N–H and O–H groups in total. The molecule has 0 spiro atoms. The van der Waals surface area contributed by atoms with Crippen LogP contribution in [0, 0.1) is 0 Å². The van der Waals surface area contributed by atoms with Crippen LogP contribution in [0.15, 0.2) is 23.3 Å². The van der Waals surface area contributed by atoms with E-state index in [0.717, 1.165) is 24.8 Å². The van der Waals surface area contributed by atoms with Gasteiger partial charge < -0.3 is 0 Å². The number of carbonyl (C=O) groups excluding carboxylic acids is 1. The first-order chi connectivity index (χ1) is 5.25. The second-order valence-electron chi connectivity index (χ2n) is 2.93. The molecule has 0 fully saturated rings. The molecule has 1 aliphatic rings. The van der Waals surface area contributed by atoms with Gasteiger partial charge in [0.1, 0.15) is 0 Å². The SMILES string of the molecule is CC/C=C/C1=C(C)CCC1=O. The molecule has 0 unspecified atom stereocenters. The maximum absolute atomic E-state index is 11.2. The van der Waals surface area contributed by atoms with Crippen molar-refractivity contribution < 1.29 is 4.79 Å². The Morgan fingerprint density at radius 1 is 1.45 bits per heavy atom. The van der Waals surface area contributed by atoms with E-state index >= 15 is 0 Å². The van der Waals surface area contributed by atoms with Gasteiger partial charge in [0.15, 0.2) is 5.78 Å². The Morgan fingerprint density at radius 2 is 2.18 bits per heavy atom. The molecule has 0 amide bonds. The van der Waals surface area contributed by atoms with Gasteiger partial charge in [0.05, 0.1) is 0 Å². The number of ketones is 1. The van der Waals surface area contributed by atoms with Gasteiger partial charge in [-0.2, -0.15) is 0 Å². The van der Waals surface area contributed by atoms with Crippen LogP contribution in [0.25, 0.3) is 0 Å². The zero-order valence-electron chi connectivity index (χ0n) is 7.18. The maximum Gasteiger partial charge on any atom is 0.163 e. The molecule has 0 heterocycles. The summed E-state index contributed by atoms with van der Waals surface area (Å²) in [5, 5.41) is 0. The third-order valence-electron chi connectivity index (χ3n) is 2.01. The molecule has 0 atom stereocenters. The fourth-order valence-corrected chi connectivity index (χ4v) is 1.28. The van der Waals surface area contributed by atoms with Gasteiger partial charge in [-0.05, 0) is 19.8 Å². The molecule has 11 heavy (non-hydrogen) atoms. The van der Waals surface area contributed by atoms with Crippen molar-refractivity contribution in [2.75, 3.05) is 0 Å². The van der Waals surface area contributed by atoms with Gasteiger partial charge in [0.2, 0.25) is 0 Å². The lowest BCUT2D eigenvalue weighted by atomic mass is 10.1. The van der Waals surface area contributed by atoms with E-state index in [9.17, 15) is 4.79 Å². The van der Waals surface area contributed by atoms with Gasteiger partial charge >= 0.3 is 0 Å². The number of allylic oxidation sites excluding steroid dienone is 4. The lowest BCUT2D eigenvalue weighted by Crippen LogP contribution is -1.91. The highest BCUT2D eigenvalue weighted by atomic mass is 16.1. The van der Waals surface area contributed by atoms with Crippen LogP contribution in [0.3, 0.4) is 0 Å². The second-order valence-corrected chi connectivity index (χ2v) is 2.93. The molecule has 60 valence electrons. The molecular formula is C10H14O. The third-order valence-corrected chi connectivity index (χ3v) is 2.01. The average molecular weight is 150 g/mol. The molecule has 0 aliphatic heterocycles. The molecule has 0 bridgehead atoms. The highest BCUT2D eigenvalue weighted by molar-refractivity contribution is 6.01. The van der Waals surface area contributed by atoms with Crippen LogP contribution < -0.4 is 0 Å². The lowest BCUT2D eigenvalue weighted by Gasteiger charge is -1.91. The van der Waals surface area contributed by atoms with E-state index in [0.29, 0.717) is 5.78 Å². The summed E-state index contributed by atoms with van der Waals surface area (Å²) in [7, 11) is 0. The summed E-state index contributed by atoms with van der Waals surface area (Å²) in [4.78, 5) is 11.2. The van der Waals surface area contributed by atoms with Crippen LogP contribution in [0.2, 0.25) is 0 Å². The summed E-state index contributed by atoms with van der Waals surface area (Å²) in [6, 6.07) is 0. The first-order valence-electron chi connectivity index (χ1n) is 4.15. The lowest BCUT2D eigenvalue weighted by molar-refractivity contribution is -0.114. The van der Waals surface area contributed by atoms with Crippen molar-refractivity contribution in [1.29, 1.82) is 0 Å². The molecule has 0 saturated carbocycles. The molecule has 1 nitrogen and oxygen atoms in total. The highest BCUT2D eigenvalue weighted by Crippen LogP contribution is 2.22. The highest BCUT2D eigenvalue weighted by Gasteiger charge is 2.16. The van der Waals surface area contributed by atoms with Crippen LogP contribution in [0.1, 0.15) is 33.1 Å². The fourth-order valence-electron chi connectivity index (χ4n) is 1.28. The number of Topliss-reactive ketones (excluding diaryl/α,β-unsaturated/α-hetero) is 1. The molecule has 0 saturated heterocycles. The largest absolute Gasteiger partial charge is 0.294 e. The smallest absolute Gasteiger partial charge is 0.163 e. The zero-order valence-corrected chi connectivity index (χ0v) is 7.18. The third kappa shape index (κ3) is 1.79. The van der Waals surface area contributed by atoms with Crippen LogP contribution >= 0.6 is 0 Å². The normalized spacial score (nSPS) is 18.9. The summed E-state index contributed by atoms with van der Waals surface area (Å²) < 4.78 is 0. The molecule has 1 aliphatic carbocycles. The van der Waals surface area contributed by atoms with E-state index in [1.54, 1.807) is 0 Å². The molecule has 1 rings (SSSR count). The molecule has 0 aromatic rings. The maximum atomic E-state index is 11.2. The summed E-state index contributed by atoms with van der Waals surface area (Å²) in [6.07, 6.45) is 6.69. The minimum Gasteiger partial charge on any atom is -0.294 e. The Kier molecular flexibility index (Phi) is 2.64. The van der Waals surface area contributed by atoms with Crippen molar-refractivity contribution in [2.24, 2.45) is 0 Å². The second kappa shape index (κ2) is 3.51. The summed E-state index contributed by atoms with van der Waals surface area (Å²) >= 11 is 0. The van der Waals surface area contributed by atoms with Gasteiger partial charge in [-0.1, -0.05) is 24.6 Å². The van der Waals surface area contributed by atoms with E-state index in [1.807, 2.05) is 19.1 Å². The summed E-state index contributed by atoms with van der Waals surface area (Å²) in [6.45, 7) is 4.12. The molecular weight excluding hydrogens is 136 g/mol. The Hall–Kier alpha value is -0.850. The number of hydrogen-bond acceptors (Lipinski definition) is 1. The van der Waals surface area contributed by atoms with Gasteiger partial charge in [-0.3, -0.25) is 4.79 Å². The number of carbonyl (C=O) groups is 1. The standard InChI is InChI=1S/C10H14O/c1-3-4-5-9-8(2)6-7-10(9)11/h4-5H,3,6-7H2,1-2H3/b5-4+. The zero-order chi connectivity index (χ0) is 8.27. The molecule has 0 aromatic carbocycles. The molecule has 1 heteroatoms. The monoisotopic (exact) mass is 150 g/mol. The fraction of sp³-hybridized carbons (Fsp3) is 0.500. The molecule has 0 aromatic heterocycles. The van der Waals surface area contributed by atoms with E-state index in [-0.39, 0.29) is 0 Å². The molecule has 0 radical (unpaired) electrons. The van der Waals surface area contributed by atoms with Crippen molar-refractivity contribution in [3.05, 3.63) is 23.3 Å². The average Bonchev–Trinajstić information content (AvgIpc) is 2.29. The van der Waals surface area contributed by atoms with Crippen molar-refractivity contribution in [3.8, 4) is 0 Å². The Morgan fingerprint density at radius 3 is 2.64 bits per heavy atom. The Bertz CT molecular complexity index is 221. The predicted octanol–water partition coefficient (Wildman–Crippen LogP) is 2.63. The van der Waals surface area contributed by atoms with Crippen molar-refractivity contribution in [3.63, 3.8) is 0 Å². The minimum atomic E-state index is 0.312. The van der Waals surface area contributed by atoms with Gasteiger partial charge in [0.25, 0.3) is 0 Å². The van der Waals surface area contributed by atoms with Crippen LogP contribution in [-0.4, -0.2) is 5.78 Å². The first kappa shape index (κ1) is 8.25. The predicted molar refractivity (Wildman–Crippen MR) is 46.4 cm³/mol. The van der Waals surface area contributed by atoms with Crippen molar-refractivity contribution in [2.45, 2.75) is 33.1 Å². The summed E-state index contributed by atoms with van der Waals surface area (Å²) in [5.74, 6) is 0.312. The number of hydrogen-bond donors (Lipinski definition) is 0. The number of rotatable bonds is 2. The quantitative estimate of drug-likeness (QED) is 0.591. The van der Waals surface area contributed by atoms with Gasteiger partial charge in [0, 0.05) is 12.0 Å². The van der Waals surface area contributed by atoms with E-state index in [2.05, 4.69) is 6.92 Å². The Balaban J connectivity index is 2.75.